The second kappa shape index (κ2) is 10.2. The normalized spacial score (nSPS) is 16.3. The monoisotopic (exact) mass is 314 g/mol. The van der Waals surface area contributed by atoms with E-state index in [1.165, 1.54) is 32.1 Å². The summed E-state index contributed by atoms with van der Waals surface area (Å²) in [6, 6.07) is 0. The van der Waals surface area contributed by atoms with Crippen LogP contribution in [0.3, 0.4) is 0 Å². The molecule has 0 aromatic carbocycles. The van der Waals surface area contributed by atoms with Gasteiger partial charge in [-0.1, -0.05) is 37.7 Å². The minimum atomic E-state index is -3.44. The lowest BCUT2D eigenvalue weighted by Crippen LogP contribution is -2.04. The first-order valence-corrected chi connectivity index (χ1v) is 9.24. The molecule has 0 heterocycles. The fourth-order valence-corrected chi connectivity index (χ4v) is 3.41. The Bertz CT molecular complexity index is 406. The van der Waals surface area contributed by atoms with Crippen LogP contribution < -0.4 is 0 Å². The number of phosphoric ester groups is 1. The maximum absolute atomic E-state index is 12.1. The van der Waals surface area contributed by atoms with Crippen molar-refractivity contribution in [3.05, 3.63) is 12.2 Å². The van der Waals surface area contributed by atoms with Crippen LogP contribution in [0.2, 0.25) is 0 Å². The molecular weight excluding hydrogens is 287 g/mol. The van der Waals surface area contributed by atoms with Crippen LogP contribution in [0.5, 0.6) is 0 Å². The first kappa shape index (κ1) is 18.5. The van der Waals surface area contributed by atoms with E-state index < -0.39 is 7.82 Å². The Morgan fingerprint density at radius 2 is 1.76 bits per heavy atom. The molecule has 0 aliphatic heterocycles. The van der Waals surface area contributed by atoms with E-state index in [-0.39, 0.29) is 19.8 Å². The summed E-state index contributed by atoms with van der Waals surface area (Å²) in [5.74, 6) is 6.99. The zero-order valence-electron chi connectivity index (χ0n) is 13.2. The van der Waals surface area contributed by atoms with Crippen molar-refractivity contribution in [3.8, 4) is 11.8 Å². The number of rotatable bonds is 8. The Morgan fingerprint density at radius 1 is 1.14 bits per heavy atom. The summed E-state index contributed by atoms with van der Waals surface area (Å²) in [4.78, 5) is 0. The molecule has 5 heteroatoms. The molecule has 21 heavy (non-hydrogen) atoms. The van der Waals surface area contributed by atoms with Crippen molar-refractivity contribution in [2.45, 2.75) is 52.4 Å². The first-order valence-electron chi connectivity index (χ1n) is 7.78. The van der Waals surface area contributed by atoms with Gasteiger partial charge < -0.3 is 0 Å². The Labute approximate surface area is 128 Å². The minimum absolute atomic E-state index is 0.149. The van der Waals surface area contributed by atoms with Gasteiger partial charge in [-0.05, 0) is 32.3 Å². The van der Waals surface area contributed by atoms with E-state index in [9.17, 15) is 4.57 Å². The van der Waals surface area contributed by atoms with E-state index in [1.54, 1.807) is 13.8 Å². The van der Waals surface area contributed by atoms with Crippen LogP contribution in [0.1, 0.15) is 52.4 Å². The van der Waals surface area contributed by atoms with Gasteiger partial charge in [0.15, 0.2) is 0 Å². The van der Waals surface area contributed by atoms with Crippen molar-refractivity contribution in [2.24, 2.45) is 5.92 Å². The molecule has 0 atom stereocenters. The lowest BCUT2D eigenvalue weighted by molar-refractivity contribution is 0.129. The third-order valence-electron chi connectivity index (χ3n) is 3.25. The molecule has 1 fully saturated rings. The highest BCUT2D eigenvalue weighted by Gasteiger charge is 2.25. The quantitative estimate of drug-likeness (QED) is 0.369. The van der Waals surface area contributed by atoms with Gasteiger partial charge in [-0.2, -0.15) is 0 Å². The second-order valence-electron chi connectivity index (χ2n) is 5.14. The summed E-state index contributed by atoms with van der Waals surface area (Å²) in [5.41, 5.74) is 0.790. The lowest BCUT2D eigenvalue weighted by atomic mass is 9.90. The third kappa shape index (κ3) is 7.83. The summed E-state index contributed by atoms with van der Waals surface area (Å²) >= 11 is 0. The van der Waals surface area contributed by atoms with Crippen molar-refractivity contribution in [1.29, 1.82) is 0 Å². The molecule has 0 unspecified atom stereocenters. The Hall–Kier alpha value is -0.590. The topological polar surface area (TPSA) is 44.8 Å². The largest absolute Gasteiger partial charge is 0.475 e. The maximum atomic E-state index is 12.1. The standard InChI is InChI=1S/C16H27O4P/c1-4-18-21(17,19-5-2)20-14-15(3)10-9-13-16-11-7-6-8-12-16/h16H,3-8,10-12,14H2,1-2H3. The van der Waals surface area contributed by atoms with Crippen LogP contribution in [0, 0.1) is 17.8 Å². The van der Waals surface area contributed by atoms with Crippen molar-refractivity contribution in [1.82, 2.24) is 0 Å². The molecule has 0 bridgehead atoms. The predicted molar refractivity (Wildman–Crippen MR) is 84.9 cm³/mol. The van der Waals surface area contributed by atoms with Crippen molar-refractivity contribution >= 4 is 7.82 Å². The average Bonchev–Trinajstić information content (AvgIpc) is 2.47. The minimum Gasteiger partial charge on any atom is -0.287 e. The summed E-state index contributed by atoms with van der Waals surface area (Å²) in [6.45, 7) is 8.12. The van der Waals surface area contributed by atoms with E-state index in [0.29, 0.717) is 12.3 Å². The molecule has 0 aromatic rings. The van der Waals surface area contributed by atoms with E-state index >= 15 is 0 Å². The van der Waals surface area contributed by atoms with Crippen LogP contribution in [-0.2, 0) is 18.1 Å². The summed E-state index contributed by atoms with van der Waals surface area (Å²) in [5, 5.41) is 0. The number of phosphoric acid groups is 1. The average molecular weight is 314 g/mol. The highest BCUT2D eigenvalue weighted by Crippen LogP contribution is 2.49. The van der Waals surface area contributed by atoms with Gasteiger partial charge in [0.25, 0.3) is 0 Å². The summed E-state index contributed by atoms with van der Waals surface area (Å²) < 4.78 is 27.5. The van der Waals surface area contributed by atoms with Gasteiger partial charge in [-0.3, -0.25) is 13.6 Å². The summed E-state index contributed by atoms with van der Waals surface area (Å²) in [6.07, 6.45) is 6.89. The molecule has 0 amide bonds. The van der Waals surface area contributed by atoms with Crippen molar-refractivity contribution in [2.75, 3.05) is 19.8 Å². The molecule has 0 spiro atoms. The molecule has 1 aliphatic rings. The molecule has 0 saturated heterocycles. The fourth-order valence-electron chi connectivity index (χ4n) is 2.22. The van der Waals surface area contributed by atoms with Gasteiger partial charge in [0.1, 0.15) is 0 Å². The Morgan fingerprint density at radius 3 is 2.33 bits per heavy atom. The summed E-state index contributed by atoms with van der Waals surface area (Å²) in [7, 11) is -3.44. The van der Waals surface area contributed by atoms with Crippen LogP contribution in [0.25, 0.3) is 0 Å². The van der Waals surface area contributed by atoms with Gasteiger partial charge in [-0.25, -0.2) is 4.57 Å². The SMILES string of the molecule is C=C(CC#CC1CCCCC1)COP(=O)(OCC)OCC. The highest BCUT2D eigenvalue weighted by molar-refractivity contribution is 7.48. The van der Waals surface area contributed by atoms with Gasteiger partial charge in [0, 0.05) is 12.3 Å². The zero-order chi connectivity index (χ0) is 15.6. The molecule has 1 saturated carbocycles. The molecule has 1 rings (SSSR count). The molecule has 1 aliphatic carbocycles. The maximum Gasteiger partial charge on any atom is 0.475 e. The molecular formula is C16H27O4P. The van der Waals surface area contributed by atoms with E-state index in [4.69, 9.17) is 13.6 Å². The van der Waals surface area contributed by atoms with Crippen LogP contribution >= 0.6 is 7.82 Å². The van der Waals surface area contributed by atoms with Gasteiger partial charge in [0.2, 0.25) is 0 Å². The van der Waals surface area contributed by atoms with Crippen LogP contribution in [0.4, 0.5) is 0 Å². The lowest BCUT2D eigenvalue weighted by Gasteiger charge is -2.16. The van der Waals surface area contributed by atoms with Crippen LogP contribution in [0.15, 0.2) is 12.2 Å². The van der Waals surface area contributed by atoms with Gasteiger partial charge in [0.05, 0.1) is 19.8 Å². The number of hydrogen-bond acceptors (Lipinski definition) is 4. The molecule has 4 nitrogen and oxygen atoms in total. The predicted octanol–water partition coefficient (Wildman–Crippen LogP) is 4.71. The molecule has 120 valence electrons. The smallest absolute Gasteiger partial charge is 0.287 e. The molecule has 0 aromatic heterocycles. The second-order valence-corrected chi connectivity index (χ2v) is 6.81. The van der Waals surface area contributed by atoms with Crippen molar-refractivity contribution in [3.63, 3.8) is 0 Å². The molecule has 0 N–H and O–H groups in total. The third-order valence-corrected chi connectivity index (χ3v) is 4.85. The Balaban J connectivity index is 2.32. The highest BCUT2D eigenvalue weighted by atomic mass is 31.2. The number of hydrogen-bond donors (Lipinski definition) is 0. The van der Waals surface area contributed by atoms with Crippen molar-refractivity contribution < 1.29 is 18.1 Å². The molecule has 0 radical (unpaired) electrons. The van der Waals surface area contributed by atoms with E-state index in [2.05, 4.69) is 18.4 Å². The van der Waals surface area contributed by atoms with Gasteiger partial charge in [-0.15, -0.1) is 0 Å². The zero-order valence-corrected chi connectivity index (χ0v) is 14.1. The van der Waals surface area contributed by atoms with Crippen LogP contribution in [-0.4, -0.2) is 19.8 Å². The first-order chi connectivity index (χ1) is 10.1. The van der Waals surface area contributed by atoms with E-state index in [0.717, 1.165) is 5.57 Å². The Kier molecular flexibility index (Phi) is 8.96. The fraction of sp³-hybridized carbons (Fsp3) is 0.750. The van der Waals surface area contributed by atoms with E-state index in [1.807, 2.05) is 0 Å². The van der Waals surface area contributed by atoms with Gasteiger partial charge >= 0.3 is 7.82 Å².